The number of carbonyl (C=O) groups is 1. The Morgan fingerprint density at radius 1 is 1.25 bits per heavy atom. The minimum atomic E-state index is -3.87. The van der Waals surface area contributed by atoms with Crippen molar-refractivity contribution in [3.63, 3.8) is 0 Å². The number of methoxy groups -OCH3 is 1. The van der Waals surface area contributed by atoms with Crippen molar-refractivity contribution in [2.75, 3.05) is 11.4 Å². The molecule has 0 spiro atoms. The van der Waals surface area contributed by atoms with Crippen molar-refractivity contribution >= 4 is 21.7 Å². The highest BCUT2D eigenvalue weighted by molar-refractivity contribution is 7.92. The molecule has 3 rings (SSSR count). The van der Waals surface area contributed by atoms with E-state index < -0.39 is 16.0 Å². The largest absolute Gasteiger partial charge is 0.496 e. The number of sulfonamides is 1. The molecule has 0 radical (unpaired) electrons. The Labute approximate surface area is 140 Å². The Hall–Kier alpha value is -2.54. The molecule has 2 aromatic rings. The Balaban J connectivity index is 2.12. The fourth-order valence-corrected chi connectivity index (χ4v) is 4.75. The van der Waals surface area contributed by atoms with Crippen LogP contribution in [0.2, 0.25) is 0 Å². The number of aromatic carboxylic acids is 1. The van der Waals surface area contributed by atoms with Gasteiger partial charge in [0.05, 0.1) is 17.7 Å². The van der Waals surface area contributed by atoms with Crippen molar-refractivity contribution in [1.29, 1.82) is 0 Å². The lowest BCUT2D eigenvalue weighted by molar-refractivity contribution is 0.0693. The van der Waals surface area contributed by atoms with Crippen LogP contribution in [0.25, 0.3) is 0 Å². The van der Waals surface area contributed by atoms with E-state index in [-0.39, 0.29) is 22.3 Å². The summed E-state index contributed by atoms with van der Waals surface area (Å²) in [6.07, 6.45) is 0.622. The molecule has 0 saturated carbocycles. The van der Waals surface area contributed by atoms with E-state index in [0.29, 0.717) is 12.1 Å². The third-order valence-electron chi connectivity index (χ3n) is 4.10. The zero-order valence-electron chi connectivity index (χ0n) is 13.3. The van der Waals surface area contributed by atoms with Crippen LogP contribution in [0.1, 0.15) is 22.8 Å². The minimum Gasteiger partial charge on any atom is -0.496 e. The zero-order valence-corrected chi connectivity index (χ0v) is 14.1. The number of fused-ring (bicyclic) bond motifs is 1. The highest BCUT2D eigenvalue weighted by Crippen LogP contribution is 2.37. The van der Waals surface area contributed by atoms with Gasteiger partial charge in [0, 0.05) is 6.04 Å². The van der Waals surface area contributed by atoms with E-state index in [2.05, 4.69) is 0 Å². The first kappa shape index (κ1) is 16.3. The molecule has 1 atom stereocenters. The quantitative estimate of drug-likeness (QED) is 0.919. The fraction of sp³-hybridized carbons (Fsp3) is 0.235. The second kappa shape index (κ2) is 5.83. The molecule has 0 bridgehead atoms. The van der Waals surface area contributed by atoms with Crippen LogP contribution in [0.5, 0.6) is 5.75 Å². The second-order valence-electron chi connectivity index (χ2n) is 5.65. The highest BCUT2D eigenvalue weighted by Gasteiger charge is 2.36. The average Bonchev–Trinajstić information content (AvgIpc) is 2.90. The van der Waals surface area contributed by atoms with Crippen LogP contribution in [-0.2, 0) is 16.4 Å². The summed E-state index contributed by atoms with van der Waals surface area (Å²) in [7, 11) is -2.53. The maximum absolute atomic E-state index is 13.1. The van der Waals surface area contributed by atoms with Crippen LogP contribution in [0, 0.1) is 0 Å². The number of rotatable bonds is 4. The lowest BCUT2D eigenvalue weighted by atomic mass is 10.1. The van der Waals surface area contributed by atoms with E-state index in [1.807, 2.05) is 19.1 Å². The smallest absolute Gasteiger partial charge is 0.339 e. The van der Waals surface area contributed by atoms with Crippen LogP contribution >= 0.6 is 0 Å². The molecule has 1 heterocycles. The van der Waals surface area contributed by atoms with Gasteiger partial charge in [0.2, 0.25) is 0 Å². The molecule has 0 aliphatic carbocycles. The van der Waals surface area contributed by atoms with Crippen LogP contribution < -0.4 is 9.04 Å². The molecule has 0 saturated heterocycles. The Morgan fingerprint density at radius 2 is 1.96 bits per heavy atom. The summed E-state index contributed by atoms with van der Waals surface area (Å²) in [5.74, 6) is -1.12. The van der Waals surface area contributed by atoms with Gasteiger partial charge in [0.1, 0.15) is 11.3 Å². The number of para-hydroxylation sites is 1. The molecule has 24 heavy (non-hydrogen) atoms. The van der Waals surface area contributed by atoms with Gasteiger partial charge in [-0.1, -0.05) is 18.2 Å². The van der Waals surface area contributed by atoms with Gasteiger partial charge < -0.3 is 9.84 Å². The van der Waals surface area contributed by atoms with Crippen molar-refractivity contribution in [1.82, 2.24) is 0 Å². The Bertz CT molecular complexity index is 907. The number of nitrogens with zero attached hydrogens (tertiary/aromatic N) is 1. The SMILES string of the molecule is COc1ccc(S(=O)(=O)N2c3ccccc3C[C@H]2C)cc1C(=O)O. The van der Waals surface area contributed by atoms with Gasteiger partial charge in [-0.2, -0.15) is 0 Å². The van der Waals surface area contributed by atoms with Gasteiger partial charge in [-0.25, -0.2) is 13.2 Å². The number of ether oxygens (including phenoxy) is 1. The third kappa shape index (κ3) is 2.50. The van der Waals surface area contributed by atoms with E-state index in [9.17, 15) is 18.3 Å². The lowest BCUT2D eigenvalue weighted by Crippen LogP contribution is -2.35. The molecule has 6 nitrogen and oxygen atoms in total. The number of benzene rings is 2. The first-order valence-electron chi connectivity index (χ1n) is 7.40. The van der Waals surface area contributed by atoms with Crippen LogP contribution in [0.15, 0.2) is 47.4 Å². The van der Waals surface area contributed by atoms with Crippen molar-refractivity contribution < 1.29 is 23.1 Å². The molecule has 2 aromatic carbocycles. The molecule has 7 heteroatoms. The average molecular weight is 347 g/mol. The molecule has 0 aromatic heterocycles. The van der Waals surface area contributed by atoms with Gasteiger partial charge in [-0.3, -0.25) is 4.31 Å². The maximum Gasteiger partial charge on any atom is 0.339 e. The molecule has 0 fully saturated rings. The first-order chi connectivity index (χ1) is 11.4. The molecule has 126 valence electrons. The third-order valence-corrected chi connectivity index (χ3v) is 6.03. The molecule has 1 N–H and O–H groups in total. The van der Waals surface area contributed by atoms with Gasteiger partial charge >= 0.3 is 5.97 Å². The topological polar surface area (TPSA) is 83.9 Å². The first-order valence-corrected chi connectivity index (χ1v) is 8.84. The van der Waals surface area contributed by atoms with Crippen LogP contribution in [0.4, 0.5) is 5.69 Å². The van der Waals surface area contributed by atoms with Crippen molar-refractivity contribution in [3.8, 4) is 5.75 Å². The highest BCUT2D eigenvalue weighted by atomic mass is 32.2. The zero-order chi connectivity index (χ0) is 17.5. The summed E-state index contributed by atoms with van der Waals surface area (Å²) in [6, 6.07) is 11.0. The molecule has 1 aliphatic heterocycles. The van der Waals surface area contributed by atoms with Crippen molar-refractivity contribution in [3.05, 3.63) is 53.6 Å². The number of hydrogen-bond donors (Lipinski definition) is 1. The van der Waals surface area contributed by atoms with Gasteiger partial charge in [0.15, 0.2) is 0 Å². The molecular weight excluding hydrogens is 330 g/mol. The summed E-state index contributed by atoms with van der Waals surface area (Å²) in [5, 5.41) is 9.27. The lowest BCUT2D eigenvalue weighted by Gasteiger charge is -2.24. The molecule has 1 aliphatic rings. The van der Waals surface area contributed by atoms with E-state index in [0.717, 1.165) is 11.6 Å². The summed E-state index contributed by atoms with van der Waals surface area (Å²) in [6.45, 7) is 1.83. The number of anilines is 1. The van der Waals surface area contributed by atoms with Gasteiger partial charge in [0.25, 0.3) is 10.0 Å². The summed E-state index contributed by atoms with van der Waals surface area (Å²) >= 11 is 0. The van der Waals surface area contributed by atoms with E-state index in [4.69, 9.17) is 4.74 Å². The second-order valence-corrected chi connectivity index (χ2v) is 7.46. The molecular formula is C17H17NO5S. The summed E-state index contributed by atoms with van der Waals surface area (Å²) < 4.78 is 32.5. The monoisotopic (exact) mass is 347 g/mol. The van der Waals surface area contributed by atoms with E-state index in [1.54, 1.807) is 12.1 Å². The number of carboxylic acids is 1. The molecule has 0 unspecified atom stereocenters. The van der Waals surface area contributed by atoms with Gasteiger partial charge in [-0.05, 0) is 43.2 Å². The van der Waals surface area contributed by atoms with Crippen LogP contribution in [-0.4, -0.2) is 32.6 Å². The number of carboxylic acid groups (broad SMARTS) is 1. The number of hydrogen-bond acceptors (Lipinski definition) is 4. The fourth-order valence-electron chi connectivity index (χ4n) is 3.03. The predicted molar refractivity (Wildman–Crippen MR) is 89.2 cm³/mol. The Kier molecular flexibility index (Phi) is 3.96. The molecule has 0 amide bonds. The Morgan fingerprint density at radius 3 is 2.62 bits per heavy atom. The van der Waals surface area contributed by atoms with Gasteiger partial charge in [-0.15, -0.1) is 0 Å². The summed E-state index contributed by atoms with van der Waals surface area (Å²) in [4.78, 5) is 11.3. The minimum absolute atomic E-state index is 0.0655. The van der Waals surface area contributed by atoms with Crippen molar-refractivity contribution in [2.45, 2.75) is 24.3 Å². The standard InChI is InChI=1S/C17H17NO5S/c1-11-9-12-5-3-4-6-15(12)18(11)24(21,22)13-7-8-16(23-2)14(10-13)17(19)20/h3-8,10-11H,9H2,1-2H3,(H,19,20)/t11-/m1/s1. The maximum atomic E-state index is 13.1. The van der Waals surface area contributed by atoms with E-state index in [1.165, 1.54) is 23.5 Å². The predicted octanol–water partition coefficient (Wildman–Crippen LogP) is 2.53. The van der Waals surface area contributed by atoms with E-state index >= 15 is 0 Å². The normalized spacial score (nSPS) is 16.8. The van der Waals surface area contributed by atoms with Crippen molar-refractivity contribution in [2.24, 2.45) is 0 Å². The summed E-state index contributed by atoms with van der Waals surface area (Å²) in [5.41, 5.74) is 1.41. The van der Waals surface area contributed by atoms with Crippen LogP contribution in [0.3, 0.4) is 0 Å².